The van der Waals surface area contributed by atoms with Gasteiger partial charge in [0.1, 0.15) is 5.69 Å². The van der Waals surface area contributed by atoms with Gasteiger partial charge in [0.05, 0.1) is 5.69 Å². The van der Waals surface area contributed by atoms with Crippen LogP contribution in [0, 0.1) is 0 Å². The van der Waals surface area contributed by atoms with Crippen LogP contribution in [-0.4, -0.2) is 53.1 Å². The second-order valence-corrected chi connectivity index (χ2v) is 4.78. The zero-order valence-corrected chi connectivity index (χ0v) is 11.5. The van der Waals surface area contributed by atoms with Crippen LogP contribution in [-0.2, 0) is 0 Å². The third-order valence-corrected chi connectivity index (χ3v) is 3.65. The number of oxime groups is 1. The molecule has 1 aromatic heterocycles. The van der Waals surface area contributed by atoms with Crippen molar-refractivity contribution < 1.29 is 5.21 Å². The number of anilines is 1. The summed E-state index contributed by atoms with van der Waals surface area (Å²) in [5.41, 5.74) is 7.16. The molecule has 3 N–H and O–H groups in total. The highest BCUT2D eigenvalue weighted by Gasteiger charge is 2.24. The van der Waals surface area contributed by atoms with E-state index in [1.54, 1.807) is 6.20 Å². The van der Waals surface area contributed by atoms with Gasteiger partial charge < -0.3 is 15.8 Å². The van der Waals surface area contributed by atoms with E-state index >= 15 is 0 Å². The summed E-state index contributed by atoms with van der Waals surface area (Å²) in [5, 5.41) is 11.9. The van der Waals surface area contributed by atoms with E-state index in [0.29, 0.717) is 11.7 Å². The summed E-state index contributed by atoms with van der Waals surface area (Å²) < 4.78 is 0. The molecule has 104 valence electrons. The van der Waals surface area contributed by atoms with Crippen molar-refractivity contribution in [2.45, 2.75) is 19.9 Å². The number of rotatable bonds is 3. The van der Waals surface area contributed by atoms with Gasteiger partial charge in [0.15, 0.2) is 5.84 Å². The summed E-state index contributed by atoms with van der Waals surface area (Å²) in [7, 11) is 0. The maximum absolute atomic E-state index is 8.84. The summed E-state index contributed by atoms with van der Waals surface area (Å²) in [6.45, 7) is 8.32. The van der Waals surface area contributed by atoms with Crippen molar-refractivity contribution in [1.29, 1.82) is 0 Å². The van der Waals surface area contributed by atoms with E-state index in [-0.39, 0.29) is 5.84 Å². The number of pyridine rings is 1. The van der Waals surface area contributed by atoms with E-state index in [2.05, 4.69) is 33.8 Å². The standard InChI is InChI=1S/C13H21N5O/c1-3-17-7-8-18(9-10(17)2)11-5-4-6-15-12(11)13(14)16-19/h4-6,10,19H,3,7-9H2,1-2H3,(H2,14,16). The highest BCUT2D eigenvalue weighted by molar-refractivity contribution is 6.00. The fraction of sp³-hybridized carbons (Fsp3) is 0.538. The number of piperazine rings is 1. The summed E-state index contributed by atoms with van der Waals surface area (Å²) in [6.07, 6.45) is 1.66. The van der Waals surface area contributed by atoms with E-state index < -0.39 is 0 Å². The highest BCUT2D eigenvalue weighted by Crippen LogP contribution is 2.21. The summed E-state index contributed by atoms with van der Waals surface area (Å²) >= 11 is 0. The predicted octanol–water partition coefficient (Wildman–Crippen LogP) is 0.707. The van der Waals surface area contributed by atoms with Gasteiger partial charge in [-0.2, -0.15) is 0 Å². The maximum atomic E-state index is 8.84. The van der Waals surface area contributed by atoms with Crippen molar-refractivity contribution in [1.82, 2.24) is 9.88 Å². The van der Waals surface area contributed by atoms with Gasteiger partial charge in [-0.3, -0.25) is 9.88 Å². The number of likely N-dealkylation sites (N-methyl/N-ethyl adjacent to an activating group) is 1. The minimum absolute atomic E-state index is 0.0566. The molecule has 0 aliphatic carbocycles. The number of nitrogens with two attached hydrogens (primary N) is 1. The fourth-order valence-electron chi connectivity index (χ4n) is 2.58. The maximum Gasteiger partial charge on any atom is 0.190 e. The third kappa shape index (κ3) is 2.78. The Labute approximate surface area is 113 Å². The van der Waals surface area contributed by atoms with Crippen LogP contribution in [0.25, 0.3) is 0 Å². The molecular formula is C13H21N5O. The summed E-state index contributed by atoms with van der Waals surface area (Å²) in [4.78, 5) is 8.91. The SMILES string of the molecule is CCN1CCN(c2cccnc2/C(N)=N/O)CC1C. The molecule has 0 spiro atoms. The van der Waals surface area contributed by atoms with Gasteiger partial charge in [0, 0.05) is 31.9 Å². The Hall–Kier alpha value is -1.82. The Kier molecular flexibility index (Phi) is 4.21. The first-order chi connectivity index (χ1) is 9.17. The van der Waals surface area contributed by atoms with Crippen LogP contribution >= 0.6 is 0 Å². The van der Waals surface area contributed by atoms with E-state index in [1.165, 1.54) is 0 Å². The van der Waals surface area contributed by atoms with Crippen LogP contribution in [0.1, 0.15) is 19.5 Å². The predicted molar refractivity (Wildman–Crippen MR) is 75.7 cm³/mol. The smallest absolute Gasteiger partial charge is 0.190 e. The zero-order valence-electron chi connectivity index (χ0n) is 11.5. The molecule has 1 atom stereocenters. The Morgan fingerprint density at radius 2 is 2.37 bits per heavy atom. The molecule has 0 aromatic carbocycles. The summed E-state index contributed by atoms with van der Waals surface area (Å²) in [6, 6.07) is 4.33. The molecule has 0 bridgehead atoms. The molecule has 1 fully saturated rings. The van der Waals surface area contributed by atoms with Crippen molar-refractivity contribution in [2.75, 3.05) is 31.1 Å². The van der Waals surface area contributed by atoms with Crippen molar-refractivity contribution in [3.8, 4) is 0 Å². The lowest BCUT2D eigenvalue weighted by molar-refractivity contribution is 0.199. The van der Waals surface area contributed by atoms with Gasteiger partial charge in [-0.1, -0.05) is 12.1 Å². The number of hydrogen-bond acceptors (Lipinski definition) is 5. The average molecular weight is 263 g/mol. The lowest BCUT2D eigenvalue weighted by Crippen LogP contribution is -2.52. The van der Waals surface area contributed by atoms with E-state index in [4.69, 9.17) is 10.9 Å². The van der Waals surface area contributed by atoms with Crippen molar-refractivity contribution in [3.63, 3.8) is 0 Å². The van der Waals surface area contributed by atoms with Crippen LogP contribution in [0.2, 0.25) is 0 Å². The molecule has 2 heterocycles. The van der Waals surface area contributed by atoms with Gasteiger partial charge >= 0.3 is 0 Å². The first kappa shape index (κ1) is 13.6. The fourth-order valence-corrected chi connectivity index (χ4v) is 2.58. The van der Waals surface area contributed by atoms with E-state index in [9.17, 15) is 0 Å². The summed E-state index contributed by atoms with van der Waals surface area (Å²) in [5.74, 6) is 0.0566. The molecule has 0 saturated carbocycles. The van der Waals surface area contributed by atoms with E-state index in [0.717, 1.165) is 31.9 Å². The first-order valence-electron chi connectivity index (χ1n) is 6.59. The Bertz CT molecular complexity index is 462. The molecular weight excluding hydrogens is 242 g/mol. The number of aromatic nitrogens is 1. The lowest BCUT2D eigenvalue weighted by atomic mass is 10.1. The van der Waals surface area contributed by atoms with Gasteiger partial charge in [0.25, 0.3) is 0 Å². The molecule has 1 aromatic rings. The van der Waals surface area contributed by atoms with E-state index in [1.807, 2.05) is 12.1 Å². The van der Waals surface area contributed by atoms with Crippen LogP contribution in [0.15, 0.2) is 23.5 Å². The highest BCUT2D eigenvalue weighted by atomic mass is 16.4. The van der Waals surface area contributed by atoms with Gasteiger partial charge in [-0.05, 0) is 25.6 Å². The average Bonchev–Trinajstić information content (AvgIpc) is 2.46. The molecule has 1 saturated heterocycles. The van der Waals surface area contributed by atoms with Gasteiger partial charge in [-0.25, -0.2) is 0 Å². The van der Waals surface area contributed by atoms with Gasteiger partial charge in [0.2, 0.25) is 0 Å². The second-order valence-electron chi connectivity index (χ2n) is 4.78. The molecule has 0 amide bonds. The van der Waals surface area contributed by atoms with Crippen LogP contribution in [0.4, 0.5) is 5.69 Å². The molecule has 19 heavy (non-hydrogen) atoms. The van der Waals surface area contributed by atoms with Crippen molar-refractivity contribution >= 4 is 11.5 Å². The molecule has 1 aliphatic heterocycles. The molecule has 0 radical (unpaired) electrons. The zero-order chi connectivity index (χ0) is 13.8. The Balaban J connectivity index is 2.24. The van der Waals surface area contributed by atoms with Crippen LogP contribution < -0.4 is 10.6 Å². The Morgan fingerprint density at radius 3 is 3.00 bits per heavy atom. The van der Waals surface area contributed by atoms with Crippen molar-refractivity contribution in [2.24, 2.45) is 10.9 Å². The largest absolute Gasteiger partial charge is 0.409 e. The van der Waals surface area contributed by atoms with Crippen LogP contribution in [0.5, 0.6) is 0 Å². The normalized spacial score (nSPS) is 21.7. The van der Waals surface area contributed by atoms with Gasteiger partial charge in [-0.15, -0.1) is 0 Å². The topological polar surface area (TPSA) is 78.0 Å². The third-order valence-electron chi connectivity index (χ3n) is 3.65. The minimum atomic E-state index is 0.0566. The lowest BCUT2D eigenvalue weighted by Gasteiger charge is -2.40. The second kappa shape index (κ2) is 5.88. The number of nitrogens with zero attached hydrogens (tertiary/aromatic N) is 4. The number of hydrogen-bond donors (Lipinski definition) is 2. The number of amidine groups is 1. The minimum Gasteiger partial charge on any atom is -0.409 e. The van der Waals surface area contributed by atoms with Crippen molar-refractivity contribution in [3.05, 3.63) is 24.0 Å². The molecule has 6 heteroatoms. The Morgan fingerprint density at radius 1 is 1.58 bits per heavy atom. The molecule has 6 nitrogen and oxygen atoms in total. The molecule has 1 unspecified atom stereocenters. The molecule has 2 rings (SSSR count). The quantitative estimate of drug-likeness (QED) is 0.363. The van der Waals surface area contributed by atoms with Crippen LogP contribution in [0.3, 0.4) is 0 Å². The first-order valence-corrected chi connectivity index (χ1v) is 6.59. The monoisotopic (exact) mass is 263 g/mol. The molecule has 1 aliphatic rings.